The maximum Gasteiger partial charge on any atom is 0.230 e. The van der Waals surface area contributed by atoms with Gasteiger partial charge in [0.2, 0.25) is 11.8 Å². The lowest BCUT2D eigenvalue weighted by atomic mass is 9.81. The van der Waals surface area contributed by atoms with Crippen LogP contribution in [-0.4, -0.2) is 48.8 Å². The van der Waals surface area contributed by atoms with Crippen molar-refractivity contribution in [3.8, 4) is 0 Å². The van der Waals surface area contributed by atoms with E-state index in [1.54, 1.807) is 32.5 Å². The summed E-state index contributed by atoms with van der Waals surface area (Å²) < 4.78 is 0. The number of carbonyl (C=O) groups is 2. The van der Waals surface area contributed by atoms with Crippen LogP contribution in [0.1, 0.15) is 22.6 Å². The van der Waals surface area contributed by atoms with E-state index in [1.165, 1.54) is 0 Å². The number of amides is 2. The minimum absolute atomic E-state index is 0. The highest BCUT2D eigenvalue weighted by molar-refractivity contribution is 7.10. The van der Waals surface area contributed by atoms with E-state index in [1.807, 2.05) is 49.1 Å². The Morgan fingerprint density at radius 1 is 1.07 bits per heavy atom. The minimum atomic E-state index is -0.632. The summed E-state index contributed by atoms with van der Waals surface area (Å²) in [5, 5.41) is 7.31. The Bertz CT molecular complexity index is 728. The SMILES string of the molecule is CN(Cc1cccs1)C(=O)CC1(C(=O)N(C)Cc2cccs2)CCNC1.Cl. The van der Waals surface area contributed by atoms with Gasteiger partial charge in [-0.25, -0.2) is 0 Å². The molecule has 1 saturated heterocycles. The monoisotopic (exact) mass is 427 g/mol. The van der Waals surface area contributed by atoms with Crippen LogP contribution in [0.5, 0.6) is 0 Å². The molecule has 1 atom stereocenters. The van der Waals surface area contributed by atoms with E-state index in [0.717, 1.165) is 16.3 Å². The molecule has 0 saturated carbocycles. The van der Waals surface area contributed by atoms with Crippen molar-refractivity contribution in [1.82, 2.24) is 15.1 Å². The first kappa shape index (κ1) is 21.9. The third kappa shape index (κ3) is 5.31. The van der Waals surface area contributed by atoms with Gasteiger partial charge in [0.25, 0.3) is 0 Å². The Morgan fingerprint density at radius 2 is 1.67 bits per heavy atom. The number of nitrogens with zero attached hydrogens (tertiary/aromatic N) is 2. The Morgan fingerprint density at radius 3 is 2.15 bits per heavy atom. The van der Waals surface area contributed by atoms with Crippen molar-refractivity contribution >= 4 is 46.9 Å². The van der Waals surface area contributed by atoms with Crippen LogP contribution in [0, 0.1) is 5.41 Å². The lowest BCUT2D eigenvalue weighted by Crippen LogP contribution is -2.46. The van der Waals surface area contributed by atoms with E-state index < -0.39 is 5.41 Å². The predicted octanol–water partition coefficient (Wildman–Crippen LogP) is 3.22. The summed E-state index contributed by atoms with van der Waals surface area (Å²) in [6.07, 6.45) is 0.967. The summed E-state index contributed by atoms with van der Waals surface area (Å²) in [7, 11) is 3.65. The average Bonchev–Trinajstić information content (AvgIpc) is 3.37. The van der Waals surface area contributed by atoms with Crippen molar-refractivity contribution in [3.63, 3.8) is 0 Å². The van der Waals surface area contributed by atoms with Gasteiger partial charge >= 0.3 is 0 Å². The first-order valence-electron chi connectivity index (χ1n) is 8.75. The van der Waals surface area contributed by atoms with Gasteiger partial charge in [-0.15, -0.1) is 35.1 Å². The van der Waals surface area contributed by atoms with Gasteiger partial charge in [-0.1, -0.05) is 12.1 Å². The zero-order valence-electron chi connectivity index (χ0n) is 15.6. The summed E-state index contributed by atoms with van der Waals surface area (Å²) in [6, 6.07) is 8.05. The molecule has 5 nitrogen and oxygen atoms in total. The van der Waals surface area contributed by atoms with E-state index in [4.69, 9.17) is 0 Å². The van der Waals surface area contributed by atoms with Gasteiger partial charge in [0, 0.05) is 36.8 Å². The van der Waals surface area contributed by atoms with E-state index in [-0.39, 0.29) is 30.6 Å². The fourth-order valence-corrected chi connectivity index (χ4v) is 4.93. The molecular formula is C19H26ClN3O2S2. The van der Waals surface area contributed by atoms with Crippen molar-refractivity contribution in [2.75, 3.05) is 27.2 Å². The number of rotatable bonds is 7. The van der Waals surface area contributed by atoms with Crippen molar-refractivity contribution < 1.29 is 9.59 Å². The van der Waals surface area contributed by atoms with E-state index in [9.17, 15) is 9.59 Å². The van der Waals surface area contributed by atoms with Crippen LogP contribution < -0.4 is 5.32 Å². The highest BCUT2D eigenvalue weighted by Crippen LogP contribution is 2.33. The third-order valence-electron chi connectivity index (χ3n) is 4.91. The number of hydrogen-bond acceptors (Lipinski definition) is 5. The smallest absolute Gasteiger partial charge is 0.230 e. The molecule has 2 aromatic rings. The zero-order chi connectivity index (χ0) is 18.6. The van der Waals surface area contributed by atoms with Crippen molar-refractivity contribution in [2.24, 2.45) is 5.41 Å². The Labute approximate surface area is 174 Å². The molecule has 0 radical (unpaired) electrons. The highest BCUT2D eigenvalue weighted by Gasteiger charge is 2.45. The summed E-state index contributed by atoms with van der Waals surface area (Å²) >= 11 is 3.29. The highest BCUT2D eigenvalue weighted by atomic mass is 35.5. The van der Waals surface area contributed by atoms with Crippen molar-refractivity contribution in [2.45, 2.75) is 25.9 Å². The molecule has 148 valence electrons. The number of nitrogens with one attached hydrogen (secondary N) is 1. The second kappa shape index (κ2) is 9.68. The molecule has 1 aliphatic heterocycles. The molecule has 0 spiro atoms. The van der Waals surface area contributed by atoms with Crippen LogP contribution in [0.4, 0.5) is 0 Å². The largest absolute Gasteiger partial charge is 0.341 e. The maximum atomic E-state index is 13.2. The van der Waals surface area contributed by atoms with E-state index in [0.29, 0.717) is 26.1 Å². The second-order valence-corrected chi connectivity index (χ2v) is 9.02. The molecule has 8 heteroatoms. The van der Waals surface area contributed by atoms with Crippen LogP contribution in [0.25, 0.3) is 0 Å². The van der Waals surface area contributed by atoms with Gasteiger partial charge in [0.15, 0.2) is 0 Å². The fraction of sp³-hybridized carbons (Fsp3) is 0.474. The van der Waals surface area contributed by atoms with Crippen LogP contribution >= 0.6 is 35.1 Å². The minimum Gasteiger partial charge on any atom is -0.341 e. The standard InChI is InChI=1S/C19H25N3O2S2.ClH/c1-21(12-15-5-3-9-25-15)17(23)11-19(7-8-20-14-19)18(24)22(2)13-16-6-4-10-26-16;/h3-6,9-10,20H,7-8,11-14H2,1-2H3;1H. The first-order valence-corrected chi connectivity index (χ1v) is 10.5. The molecule has 0 bridgehead atoms. The van der Waals surface area contributed by atoms with E-state index >= 15 is 0 Å². The second-order valence-electron chi connectivity index (χ2n) is 6.95. The van der Waals surface area contributed by atoms with Gasteiger partial charge in [-0.2, -0.15) is 0 Å². The van der Waals surface area contributed by atoms with Crippen LogP contribution in [0.2, 0.25) is 0 Å². The zero-order valence-corrected chi connectivity index (χ0v) is 18.1. The summed E-state index contributed by atoms with van der Waals surface area (Å²) in [6.45, 7) is 2.54. The normalized spacial score (nSPS) is 18.7. The average molecular weight is 428 g/mol. The maximum absolute atomic E-state index is 13.2. The molecule has 1 aliphatic rings. The van der Waals surface area contributed by atoms with Gasteiger partial charge < -0.3 is 15.1 Å². The molecule has 1 fully saturated rings. The van der Waals surface area contributed by atoms with Gasteiger partial charge in [0.05, 0.1) is 18.5 Å². The molecule has 0 aliphatic carbocycles. The number of carbonyl (C=O) groups excluding carboxylic acids is 2. The van der Waals surface area contributed by atoms with Crippen molar-refractivity contribution in [1.29, 1.82) is 0 Å². The molecule has 0 aromatic carbocycles. The molecular weight excluding hydrogens is 402 g/mol. The molecule has 1 unspecified atom stereocenters. The van der Waals surface area contributed by atoms with E-state index in [2.05, 4.69) is 5.32 Å². The number of halogens is 1. The lowest BCUT2D eigenvalue weighted by molar-refractivity contribution is -0.146. The van der Waals surface area contributed by atoms with Crippen molar-refractivity contribution in [3.05, 3.63) is 44.8 Å². The quantitative estimate of drug-likeness (QED) is 0.738. The fourth-order valence-electron chi connectivity index (χ4n) is 3.41. The molecule has 3 heterocycles. The van der Waals surface area contributed by atoms with Crippen LogP contribution in [0.15, 0.2) is 35.0 Å². The molecule has 2 amide bonds. The van der Waals surface area contributed by atoms with Gasteiger partial charge in [0.1, 0.15) is 0 Å². The molecule has 27 heavy (non-hydrogen) atoms. The Hall–Kier alpha value is -1.41. The first-order chi connectivity index (χ1) is 12.5. The molecule has 2 aromatic heterocycles. The third-order valence-corrected chi connectivity index (χ3v) is 6.63. The molecule has 3 rings (SSSR count). The summed E-state index contributed by atoms with van der Waals surface area (Å²) in [4.78, 5) is 31.8. The number of hydrogen-bond donors (Lipinski definition) is 1. The Balaban J connectivity index is 0.00000261. The predicted molar refractivity (Wildman–Crippen MR) is 113 cm³/mol. The summed E-state index contributed by atoms with van der Waals surface area (Å²) in [5.41, 5.74) is -0.632. The number of thiophene rings is 2. The van der Waals surface area contributed by atoms with Gasteiger partial charge in [-0.05, 0) is 35.9 Å². The topological polar surface area (TPSA) is 52.7 Å². The Kier molecular flexibility index (Phi) is 7.85. The molecule has 1 N–H and O–H groups in total. The lowest BCUT2D eigenvalue weighted by Gasteiger charge is -2.32. The van der Waals surface area contributed by atoms with Crippen LogP contribution in [-0.2, 0) is 22.7 Å². The van der Waals surface area contributed by atoms with Crippen LogP contribution in [0.3, 0.4) is 0 Å². The summed E-state index contributed by atoms with van der Waals surface area (Å²) in [5.74, 6) is 0.0914. The van der Waals surface area contributed by atoms with Gasteiger partial charge in [-0.3, -0.25) is 9.59 Å².